The van der Waals surface area contributed by atoms with Crippen LogP contribution in [-0.2, 0) is 6.61 Å². The quantitative estimate of drug-likeness (QED) is 0.912. The van der Waals surface area contributed by atoms with Gasteiger partial charge in [0.2, 0.25) is 0 Å². The highest BCUT2D eigenvalue weighted by Crippen LogP contribution is 2.28. The third-order valence-corrected chi connectivity index (χ3v) is 4.37. The van der Waals surface area contributed by atoms with Crippen molar-refractivity contribution < 1.29 is 5.11 Å². The van der Waals surface area contributed by atoms with Crippen LogP contribution in [0.15, 0.2) is 12.1 Å². The molecule has 0 bridgehead atoms. The third kappa shape index (κ3) is 2.96. The molecule has 1 saturated heterocycles. The van der Waals surface area contributed by atoms with Crippen LogP contribution in [-0.4, -0.2) is 47.2 Å². The number of aliphatic hydroxyl groups is 1. The highest BCUT2D eigenvalue weighted by atomic mass is 16.3. The lowest BCUT2D eigenvalue weighted by Gasteiger charge is -2.36. The first-order valence-corrected chi connectivity index (χ1v) is 7.78. The molecule has 0 atom stereocenters. The lowest BCUT2D eigenvalue weighted by atomic mass is 10.1. The Morgan fingerprint density at radius 1 is 1.20 bits per heavy atom. The molecule has 4 heteroatoms. The van der Waals surface area contributed by atoms with E-state index in [0.717, 1.165) is 49.3 Å². The van der Waals surface area contributed by atoms with Crippen LogP contribution >= 0.6 is 0 Å². The van der Waals surface area contributed by atoms with Crippen molar-refractivity contribution in [3.8, 4) is 0 Å². The highest BCUT2D eigenvalue weighted by Gasteiger charge is 2.31. The van der Waals surface area contributed by atoms with E-state index >= 15 is 0 Å². The van der Waals surface area contributed by atoms with Gasteiger partial charge in [0.15, 0.2) is 0 Å². The summed E-state index contributed by atoms with van der Waals surface area (Å²) < 4.78 is 0. The molecule has 20 heavy (non-hydrogen) atoms. The average molecular weight is 275 g/mol. The lowest BCUT2D eigenvalue weighted by molar-refractivity contribution is 0.247. The molecular weight excluding hydrogens is 250 g/mol. The zero-order chi connectivity index (χ0) is 14.1. The second-order valence-electron chi connectivity index (χ2n) is 6.33. The molecule has 0 amide bonds. The first-order chi connectivity index (χ1) is 9.67. The van der Waals surface area contributed by atoms with E-state index in [9.17, 15) is 5.11 Å². The number of aliphatic hydroxyl groups excluding tert-OH is 1. The van der Waals surface area contributed by atoms with Gasteiger partial charge in [-0.1, -0.05) is 13.8 Å². The maximum Gasteiger partial charge on any atom is 0.129 e. The number of hydrogen-bond donors (Lipinski definition) is 1. The van der Waals surface area contributed by atoms with Crippen LogP contribution in [0, 0.1) is 0 Å². The van der Waals surface area contributed by atoms with Crippen LogP contribution in [0.4, 0.5) is 5.82 Å². The largest absolute Gasteiger partial charge is 0.392 e. The molecule has 1 aliphatic carbocycles. The van der Waals surface area contributed by atoms with Crippen LogP contribution in [0.25, 0.3) is 0 Å². The van der Waals surface area contributed by atoms with Gasteiger partial charge in [0.1, 0.15) is 5.82 Å². The molecule has 0 spiro atoms. The molecular formula is C16H25N3O. The minimum absolute atomic E-state index is 0.0945. The van der Waals surface area contributed by atoms with E-state index in [1.54, 1.807) is 0 Å². The van der Waals surface area contributed by atoms with Crippen molar-refractivity contribution in [2.75, 3.05) is 31.1 Å². The summed E-state index contributed by atoms with van der Waals surface area (Å²) in [5.74, 6) is 1.43. The molecule has 1 aromatic rings. The summed E-state index contributed by atoms with van der Waals surface area (Å²) in [6, 6.07) is 4.92. The van der Waals surface area contributed by atoms with Crippen molar-refractivity contribution in [1.29, 1.82) is 0 Å². The van der Waals surface area contributed by atoms with Gasteiger partial charge in [0.05, 0.1) is 6.61 Å². The Hall–Kier alpha value is -1.13. The number of nitrogens with zero attached hydrogens (tertiary/aromatic N) is 3. The Bertz CT molecular complexity index is 463. The van der Waals surface area contributed by atoms with E-state index in [-0.39, 0.29) is 6.61 Å². The van der Waals surface area contributed by atoms with Gasteiger partial charge >= 0.3 is 0 Å². The summed E-state index contributed by atoms with van der Waals surface area (Å²) in [6.45, 7) is 8.79. The van der Waals surface area contributed by atoms with Crippen molar-refractivity contribution >= 4 is 5.82 Å². The van der Waals surface area contributed by atoms with Gasteiger partial charge in [-0.05, 0) is 36.5 Å². The molecule has 0 unspecified atom stereocenters. The molecule has 0 aromatic carbocycles. The maximum absolute atomic E-state index is 9.44. The van der Waals surface area contributed by atoms with E-state index < -0.39 is 0 Å². The molecule has 110 valence electrons. The molecule has 0 radical (unpaired) electrons. The van der Waals surface area contributed by atoms with Crippen molar-refractivity contribution in [2.24, 2.45) is 0 Å². The van der Waals surface area contributed by atoms with Crippen molar-refractivity contribution in [2.45, 2.75) is 45.3 Å². The minimum Gasteiger partial charge on any atom is -0.392 e. The summed E-state index contributed by atoms with van der Waals surface area (Å²) in [5, 5.41) is 9.44. The molecule has 3 rings (SSSR count). The van der Waals surface area contributed by atoms with Gasteiger partial charge < -0.3 is 10.0 Å². The number of aromatic nitrogens is 1. The zero-order valence-electron chi connectivity index (χ0n) is 12.5. The van der Waals surface area contributed by atoms with E-state index in [0.29, 0.717) is 5.92 Å². The predicted molar refractivity (Wildman–Crippen MR) is 81.1 cm³/mol. The van der Waals surface area contributed by atoms with Crippen molar-refractivity contribution in [3.05, 3.63) is 23.4 Å². The number of anilines is 1. The molecule has 1 aromatic heterocycles. The highest BCUT2D eigenvalue weighted by molar-refractivity contribution is 5.43. The maximum atomic E-state index is 9.44. The van der Waals surface area contributed by atoms with Crippen LogP contribution in [0.5, 0.6) is 0 Å². The minimum atomic E-state index is 0.0945. The Morgan fingerprint density at radius 2 is 1.90 bits per heavy atom. The molecule has 1 aliphatic heterocycles. The lowest BCUT2D eigenvalue weighted by Crippen LogP contribution is -2.47. The Kier molecular flexibility index (Phi) is 3.94. The predicted octanol–water partition coefficient (Wildman–Crippen LogP) is 1.98. The van der Waals surface area contributed by atoms with Gasteiger partial charge in [-0.2, -0.15) is 0 Å². The number of piperazine rings is 1. The first kappa shape index (κ1) is 13.8. The summed E-state index contributed by atoms with van der Waals surface area (Å²) in [6.07, 6.45) is 2.77. The fourth-order valence-corrected chi connectivity index (χ4v) is 2.90. The Balaban J connectivity index is 1.74. The second kappa shape index (κ2) is 5.70. The molecule has 2 fully saturated rings. The van der Waals surface area contributed by atoms with Gasteiger partial charge in [0, 0.05) is 37.9 Å². The summed E-state index contributed by atoms with van der Waals surface area (Å²) >= 11 is 0. The van der Waals surface area contributed by atoms with Gasteiger partial charge in [-0.15, -0.1) is 0 Å². The van der Waals surface area contributed by atoms with Crippen molar-refractivity contribution in [1.82, 2.24) is 9.88 Å². The monoisotopic (exact) mass is 275 g/mol. The van der Waals surface area contributed by atoms with Gasteiger partial charge in [-0.3, -0.25) is 4.90 Å². The summed E-state index contributed by atoms with van der Waals surface area (Å²) in [4.78, 5) is 9.76. The Morgan fingerprint density at radius 3 is 2.45 bits per heavy atom. The summed E-state index contributed by atoms with van der Waals surface area (Å²) in [5.41, 5.74) is 2.06. The Labute approximate surface area is 121 Å². The smallest absolute Gasteiger partial charge is 0.129 e. The molecule has 4 nitrogen and oxygen atoms in total. The topological polar surface area (TPSA) is 39.6 Å². The van der Waals surface area contributed by atoms with Crippen molar-refractivity contribution in [3.63, 3.8) is 0 Å². The standard InChI is InChI=1S/C16H25N3O/c1-12(2)15-9-13(11-20)10-16(17-15)19-7-5-18(6-8-19)14-3-4-14/h9-10,12,14,20H,3-8,11H2,1-2H3. The zero-order valence-corrected chi connectivity index (χ0v) is 12.5. The SMILES string of the molecule is CC(C)c1cc(CO)cc(N2CCN(C3CC3)CC2)n1. The first-order valence-electron chi connectivity index (χ1n) is 7.78. The average Bonchev–Trinajstić information content (AvgIpc) is 3.31. The van der Waals surface area contributed by atoms with E-state index in [4.69, 9.17) is 4.98 Å². The van der Waals surface area contributed by atoms with E-state index in [1.165, 1.54) is 12.8 Å². The third-order valence-electron chi connectivity index (χ3n) is 4.37. The van der Waals surface area contributed by atoms with Crippen LogP contribution in [0.2, 0.25) is 0 Å². The number of hydrogen-bond acceptors (Lipinski definition) is 4. The molecule has 1 N–H and O–H groups in total. The summed E-state index contributed by atoms with van der Waals surface area (Å²) in [7, 11) is 0. The molecule has 2 aliphatic rings. The fourth-order valence-electron chi connectivity index (χ4n) is 2.90. The fraction of sp³-hybridized carbons (Fsp3) is 0.688. The van der Waals surface area contributed by atoms with Gasteiger partial charge in [0.25, 0.3) is 0 Å². The van der Waals surface area contributed by atoms with E-state index in [2.05, 4.69) is 23.6 Å². The van der Waals surface area contributed by atoms with E-state index in [1.807, 2.05) is 12.1 Å². The second-order valence-corrected chi connectivity index (χ2v) is 6.33. The van der Waals surface area contributed by atoms with Crippen LogP contribution < -0.4 is 4.90 Å². The van der Waals surface area contributed by atoms with Crippen LogP contribution in [0.1, 0.15) is 43.9 Å². The number of pyridine rings is 1. The molecule has 1 saturated carbocycles. The molecule has 2 heterocycles. The normalized spacial score (nSPS) is 20.7. The number of rotatable bonds is 4. The van der Waals surface area contributed by atoms with Gasteiger partial charge in [-0.25, -0.2) is 4.98 Å². The van der Waals surface area contributed by atoms with Crippen LogP contribution in [0.3, 0.4) is 0 Å².